The lowest BCUT2D eigenvalue weighted by molar-refractivity contribution is -0.255. The third kappa shape index (κ3) is 11.2. The molecule has 6 heterocycles. The minimum Gasteiger partial charge on any atom is -0.460 e. The third-order valence-electron chi connectivity index (χ3n) is 15.1. The summed E-state index contributed by atoms with van der Waals surface area (Å²) < 4.78 is 13.2. The number of hydrogen-bond donors (Lipinski definition) is 6. The molecule has 4 aliphatic rings. The summed E-state index contributed by atoms with van der Waals surface area (Å²) in [5.74, 6) is 1.47. The Labute approximate surface area is 416 Å². The summed E-state index contributed by atoms with van der Waals surface area (Å²) in [7, 11) is 3.80. The van der Waals surface area contributed by atoms with E-state index in [2.05, 4.69) is 10.6 Å². The van der Waals surface area contributed by atoms with Crippen molar-refractivity contribution in [3.63, 3.8) is 0 Å². The number of rotatable bonds is 12. The molecule has 0 spiro atoms. The molecule has 2 aromatic heterocycles. The molecule has 6 N–H and O–H groups in total. The Balaban J connectivity index is 1.18. The molecule has 4 fully saturated rings. The average molecular weight is 977 g/mol. The first-order valence-electron chi connectivity index (χ1n) is 24.9. The van der Waals surface area contributed by atoms with Gasteiger partial charge in [0.25, 0.3) is 0 Å². The van der Waals surface area contributed by atoms with Crippen LogP contribution in [0.25, 0.3) is 0 Å². The van der Waals surface area contributed by atoms with Gasteiger partial charge >= 0.3 is 12.0 Å². The lowest BCUT2D eigenvalue weighted by Gasteiger charge is -2.51. The molecule has 70 heavy (non-hydrogen) atoms. The van der Waals surface area contributed by atoms with Crippen molar-refractivity contribution in [2.24, 2.45) is 0 Å². The van der Waals surface area contributed by atoms with Gasteiger partial charge in [-0.2, -0.15) is 50.2 Å². The predicted octanol–water partition coefficient (Wildman–Crippen LogP) is 8.82. The normalized spacial score (nSPS) is 25.0. The lowest BCUT2D eigenvalue weighted by atomic mass is 9.79. The molecule has 0 saturated carbocycles. The van der Waals surface area contributed by atoms with E-state index in [0.29, 0.717) is 75.2 Å². The molecule has 1 aromatic carbocycles. The molecule has 0 atom stereocenters. The smallest absolute Gasteiger partial charge is 0.323 e. The van der Waals surface area contributed by atoms with Gasteiger partial charge in [0.05, 0.1) is 0 Å². The fourth-order valence-corrected chi connectivity index (χ4v) is 12.3. The van der Waals surface area contributed by atoms with E-state index >= 15 is 0 Å². The van der Waals surface area contributed by atoms with Crippen LogP contribution in [0.5, 0.6) is 12.0 Å². The molecule has 0 aliphatic carbocycles. The van der Waals surface area contributed by atoms with E-state index < -0.39 is 44.3 Å². The standard InChI is InChI=1S/C50H84N14O6/c1-43(2)23-31(24-44(3,4)61(43)65)51-37-53-39(57-41(55-37)69-35-27-47(9,10)63(67)48(11,12)28-35)59(17)33-19-21-34(22-20-33)60(18)40-54-38(52-32-25-45(5,6)62(66)46(7,8)26-32)56-42(58-40)70-36-29-49(13,14)64(68)50(15,16)30-36/h19-22,31-32,35-36,65-68H,23-30H2,1-18H3,(H,51,53,55,57)(H,52,54,56,58). The van der Waals surface area contributed by atoms with Gasteiger partial charge < -0.3 is 50.7 Å². The van der Waals surface area contributed by atoms with Crippen molar-refractivity contribution < 1.29 is 30.3 Å². The van der Waals surface area contributed by atoms with Crippen molar-refractivity contribution >= 4 is 35.2 Å². The maximum Gasteiger partial charge on any atom is 0.323 e. The largest absolute Gasteiger partial charge is 0.460 e. The molecule has 0 unspecified atom stereocenters. The molecule has 0 bridgehead atoms. The Hall–Kier alpha value is -4.28. The van der Waals surface area contributed by atoms with Crippen molar-refractivity contribution in [2.75, 3.05) is 34.5 Å². The van der Waals surface area contributed by atoms with Crippen LogP contribution in [0.4, 0.5) is 35.2 Å². The Morgan fingerprint density at radius 1 is 0.414 bits per heavy atom. The number of anilines is 6. The highest BCUT2D eigenvalue weighted by molar-refractivity contribution is 5.65. The molecule has 390 valence electrons. The second kappa shape index (κ2) is 18.3. The van der Waals surface area contributed by atoms with Gasteiger partial charge in [0.15, 0.2) is 0 Å². The first kappa shape index (κ1) is 53.5. The van der Waals surface area contributed by atoms with Gasteiger partial charge in [0, 0.05) is 108 Å². The average Bonchev–Trinajstić information content (AvgIpc) is 3.21. The minimum absolute atomic E-state index is 0.0522. The summed E-state index contributed by atoms with van der Waals surface area (Å²) in [6.07, 6.45) is 4.29. The molecule has 20 heteroatoms. The van der Waals surface area contributed by atoms with Crippen molar-refractivity contribution in [1.29, 1.82) is 0 Å². The molecular weight excluding hydrogens is 893 g/mol. The van der Waals surface area contributed by atoms with Gasteiger partial charge in [-0.15, -0.1) is 0 Å². The van der Waals surface area contributed by atoms with Crippen molar-refractivity contribution in [1.82, 2.24) is 50.2 Å². The van der Waals surface area contributed by atoms with Gasteiger partial charge in [0.2, 0.25) is 23.8 Å². The zero-order valence-corrected chi connectivity index (χ0v) is 45.2. The van der Waals surface area contributed by atoms with E-state index in [-0.39, 0.29) is 36.3 Å². The second-order valence-corrected chi connectivity index (χ2v) is 25.7. The van der Waals surface area contributed by atoms with E-state index in [1.807, 2.05) is 159 Å². The van der Waals surface area contributed by atoms with E-state index in [1.54, 1.807) is 0 Å². The van der Waals surface area contributed by atoms with Crippen molar-refractivity contribution in [2.45, 2.75) is 231 Å². The number of benzene rings is 1. The van der Waals surface area contributed by atoms with E-state index in [4.69, 9.17) is 39.4 Å². The van der Waals surface area contributed by atoms with Crippen LogP contribution < -0.4 is 29.9 Å². The second-order valence-electron chi connectivity index (χ2n) is 25.7. The number of hydroxylamine groups is 8. The SMILES string of the molecule is CN(c1ccc(N(C)c2nc(NC3CC(C)(C)N(O)C(C)(C)C3)nc(OC3CC(C)(C)N(O)C(C)(C)C3)n2)cc1)c1nc(NC2CC(C)(C)N(O)C(C)(C)C2)nc(OC2CC(C)(C)N(O)C(C)(C)C2)n1. The van der Waals surface area contributed by atoms with E-state index in [9.17, 15) is 20.8 Å². The molecule has 0 radical (unpaired) electrons. The zero-order chi connectivity index (χ0) is 51.9. The third-order valence-corrected chi connectivity index (χ3v) is 15.1. The van der Waals surface area contributed by atoms with Crippen LogP contribution in [-0.2, 0) is 0 Å². The molecule has 4 aliphatic heterocycles. The van der Waals surface area contributed by atoms with Gasteiger partial charge in [-0.25, -0.2) is 0 Å². The van der Waals surface area contributed by atoms with Gasteiger partial charge in [-0.3, -0.25) is 0 Å². The zero-order valence-electron chi connectivity index (χ0n) is 45.2. The highest BCUT2D eigenvalue weighted by Crippen LogP contribution is 2.42. The highest BCUT2D eigenvalue weighted by Gasteiger charge is 2.49. The Bertz CT molecular complexity index is 1980. The summed E-state index contributed by atoms with van der Waals surface area (Å²) in [6.45, 7) is 32.2. The summed E-state index contributed by atoms with van der Waals surface area (Å²) in [5.41, 5.74) is -2.56. The van der Waals surface area contributed by atoms with Crippen molar-refractivity contribution in [3.8, 4) is 12.0 Å². The number of nitrogens with zero attached hydrogens (tertiary/aromatic N) is 12. The Morgan fingerprint density at radius 3 is 0.914 bits per heavy atom. The number of aromatic nitrogens is 6. The highest BCUT2D eigenvalue weighted by atomic mass is 16.5. The maximum absolute atomic E-state index is 11.0. The fraction of sp³-hybridized carbons (Fsp3) is 0.760. The van der Waals surface area contributed by atoms with Crippen LogP contribution in [0, 0.1) is 0 Å². The molecule has 4 saturated heterocycles. The maximum atomic E-state index is 11.0. The van der Waals surface area contributed by atoms with Gasteiger partial charge in [-0.05, 0) is 161 Å². The first-order chi connectivity index (χ1) is 32.0. The molecule has 3 aromatic rings. The van der Waals surface area contributed by atoms with Crippen molar-refractivity contribution in [3.05, 3.63) is 24.3 Å². The molecule has 20 nitrogen and oxygen atoms in total. The predicted molar refractivity (Wildman–Crippen MR) is 270 cm³/mol. The Morgan fingerprint density at radius 2 is 0.657 bits per heavy atom. The van der Waals surface area contributed by atoms with Crippen LogP contribution in [0.15, 0.2) is 24.3 Å². The van der Waals surface area contributed by atoms with E-state index in [1.165, 1.54) is 20.3 Å². The summed E-state index contributed by atoms with van der Waals surface area (Å²) in [4.78, 5) is 33.0. The van der Waals surface area contributed by atoms with Gasteiger partial charge in [0.1, 0.15) is 12.2 Å². The number of piperidine rings is 4. The monoisotopic (exact) mass is 977 g/mol. The molecular formula is C50H84N14O6. The van der Waals surface area contributed by atoms with Crippen LogP contribution in [-0.4, -0.2) is 154 Å². The van der Waals surface area contributed by atoms with Crippen LogP contribution in [0.3, 0.4) is 0 Å². The number of nitrogens with one attached hydrogen (secondary N) is 2. The molecule has 7 rings (SSSR count). The fourth-order valence-electron chi connectivity index (χ4n) is 12.3. The molecule has 0 amide bonds. The van der Waals surface area contributed by atoms with Crippen LogP contribution in [0.1, 0.15) is 162 Å². The Kier molecular flexibility index (Phi) is 14.0. The first-order valence-corrected chi connectivity index (χ1v) is 24.9. The minimum atomic E-state index is -0.544. The summed E-state index contributed by atoms with van der Waals surface area (Å²) >= 11 is 0. The summed E-state index contributed by atoms with van der Waals surface area (Å²) in [5, 5.41) is 57.0. The number of hydrogen-bond acceptors (Lipinski definition) is 20. The topological polar surface area (TPSA) is 220 Å². The number of ether oxygens (including phenoxy) is 2. The lowest BCUT2D eigenvalue weighted by Crippen LogP contribution is -2.61. The van der Waals surface area contributed by atoms with Crippen LogP contribution in [0.2, 0.25) is 0 Å². The summed E-state index contributed by atoms with van der Waals surface area (Å²) in [6, 6.07) is 8.16. The quantitative estimate of drug-likeness (QED) is 0.0998. The van der Waals surface area contributed by atoms with Gasteiger partial charge in [-0.1, -0.05) is 0 Å². The van der Waals surface area contributed by atoms with E-state index in [0.717, 1.165) is 11.4 Å². The van der Waals surface area contributed by atoms with Crippen LogP contribution >= 0.6 is 0 Å².